The van der Waals surface area contributed by atoms with Gasteiger partial charge in [0.25, 0.3) is 5.91 Å². The molecule has 0 aromatic heterocycles. The van der Waals surface area contributed by atoms with Crippen LogP contribution in [0.25, 0.3) is 0 Å². The van der Waals surface area contributed by atoms with Gasteiger partial charge in [0.15, 0.2) is 23.0 Å². The van der Waals surface area contributed by atoms with Gasteiger partial charge in [0.1, 0.15) is 6.10 Å². The van der Waals surface area contributed by atoms with Crippen LogP contribution in [-0.4, -0.2) is 116 Å². The van der Waals surface area contributed by atoms with Gasteiger partial charge in [-0.3, -0.25) is 4.79 Å². The monoisotopic (exact) mass is 629 g/mol. The Morgan fingerprint density at radius 3 is 2.00 bits per heavy atom. The van der Waals surface area contributed by atoms with Crippen molar-refractivity contribution >= 4 is 11.9 Å². The molecular formula is C33H47N3O9. The van der Waals surface area contributed by atoms with Crippen LogP contribution in [0.5, 0.6) is 34.5 Å². The Morgan fingerprint density at radius 1 is 0.733 bits per heavy atom. The third-order valence-corrected chi connectivity index (χ3v) is 8.19. The molecule has 12 nitrogen and oxygen atoms in total. The lowest BCUT2D eigenvalue weighted by molar-refractivity contribution is 0.0221. The third kappa shape index (κ3) is 9.07. The van der Waals surface area contributed by atoms with Gasteiger partial charge in [0.2, 0.25) is 11.5 Å². The molecular weight excluding hydrogens is 582 g/mol. The fraction of sp³-hybridized carbons (Fsp3) is 0.576. The van der Waals surface area contributed by atoms with Crippen LogP contribution >= 0.6 is 0 Å². The molecule has 0 radical (unpaired) electrons. The summed E-state index contributed by atoms with van der Waals surface area (Å²) in [5.74, 6) is 1.75. The molecule has 0 saturated carbocycles. The lowest BCUT2D eigenvalue weighted by Crippen LogP contribution is -2.34. The van der Waals surface area contributed by atoms with E-state index in [1.165, 1.54) is 35.5 Å². The number of methoxy groups -OCH3 is 5. The van der Waals surface area contributed by atoms with Crippen molar-refractivity contribution < 1.29 is 42.7 Å². The van der Waals surface area contributed by atoms with Gasteiger partial charge in [0.05, 0.1) is 47.7 Å². The molecule has 1 saturated heterocycles. The highest BCUT2D eigenvalue weighted by Crippen LogP contribution is 2.39. The quantitative estimate of drug-likeness (QED) is 0.453. The van der Waals surface area contributed by atoms with E-state index in [2.05, 4.69) is 15.1 Å². The summed E-state index contributed by atoms with van der Waals surface area (Å²) in [5, 5.41) is 3.03. The van der Waals surface area contributed by atoms with E-state index in [1.807, 2.05) is 0 Å². The van der Waals surface area contributed by atoms with Crippen LogP contribution in [0.1, 0.15) is 52.8 Å². The molecule has 2 unspecified atom stereocenters. The molecule has 1 fully saturated rings. The molecule has 2 aliphatic heterocycles. The zero-order valence-electron chi connectivity index (χ0n) is 27.1. The first-order chi connectivity index (χ1) is 21.9. The van der Waals surface area contributed by atoms with Crippen LogP contribution < -0.4 is 33.7 Å². The first-order valence-electron chi connectivity index (χ1n) is 15.5. The van der Waals surface area contributed by atoms with E-state index in [0.717, 1.165) is 52.1 Å². The minimum Gasteiger partial charge on any atom is -0.493 e. The number of nitrogens with one attached hydrogen (secondary N) is 1. The van der Waals surface area contributed by atoms with Crippen molar-refractivity contribution in [3.63, 3.8) is 0 Å². The van der Waals surface area contributed by atoms with Crippen molar-refractivity contribution in [2.45, 2.75) is 38.2 Å². The number of carbonyl (C=O) groups excluding carboxylic acids is 2. The van der Waals surface area contributed by atoms with E-state index < -0.39 is 5.97 Å². The number of amides is 1. The van der Waals surface area contributed by atoms with Crippen molar-refractivity contribution in [3.8, 4) is 34.5 Å². The summed E-state index contributed by atoms with van der Waals surface area (Å²) in [6.45, 7) is 6.50. The van der Waals surface area contributed by atoms with Crippen molar-refractivity contribution in [1.29, 1.82) is 0 Å². The SMILES string of the molecule is COc1cc(C(=O)O[C@@H]2CCCOc3cc(cc(OC)c3OC)C(=O)NCCCN3CCCN(CC2)CC3)cc(OC)c1OC. The van der Waals surface area contributed by atoms with Crippen LogP contribution in [0.3, 0.4) is 0 Å². The van der Waals surface area contributed by atoms with E-state index >= 15 is 0 Å². The lowest BCUT2D eigenvalue weighted by Gasteiger charge is -2.25. The number of fused-ring (bicyclic) bond motifs is 5. The number of ether oxygens (including phenoxy) is 7. The lowest BCUT2D eigenvalue weighted by atomic mass is 10.1. The van der Waals surface area contributed by atoms with Crippen LogP contribution in [0.15, 0.2) is 24.3 Å². The van der Waals surface area contributed by atoms with Crippen molar-refractivity contribution in [2.75, 3.05) is 88.0 Å². The standard InChI is InChI=1S/C33H47N3O9/c1-39-26-19-23-20-29(31(26)43-5)44-18-6-9-25(45-33(38)24-21-27(40-2)30(42-4)28(22-24)41-3)10-15-36-14-8-13-35(16-17-36)12-7-11-34-32(23)37/h19-22,25H,6-18H2,1-5H3,(H,34,37)/t25-/m1/s1. The summed E-state index contributed by atoms with van der Waals surface area (Å²) in [6, 6.07) is 6.53. The van der Waals surface area contributed by atoms with Gasteiger partial charge in [-0.2, -0.15) is 0 Å². The number of benzene rings is 2. The van der Waals surface area contributed by atoms with Crippen LogP contribution in [-0.2, 0) is 4.74 Å². The Hall–Kier alpha value is -3.90. The molecule has 12 heteroatoms. The predicted octanol–water partition coefficient (Wildman–Crippen LogP) is 3.65. The van der Waals surface area contributed by atoms with Gasteiger partial charge in [-0.05, 0) is 76.0 Å². The maximum absolute atomic E-state index is 13.4. The molecule has 2 aliphatic rings. The number of nitrogens with zero attached hydrogens (tertiary/aromatic N) is 2. The Bertz CT molecular complexity index is 1260. The van der Waals surface area contributed by atoms with Crippen molar-refractivity contribution in [3.05, 3.63) is 35.4 Å². The smallest absolute Gasteiger partial charge is 0.338 e. The zero-order valence-corrected chi connectivity index (χ0v) is 27.1. The van der Waals surface area contributed by atoms with Gasteiger partial charge in [0, 0.05) is 31.7 Å². The molecule has 3 atom stereocenters. The molecule has 1 N–H and O–H groups in total. The second-order valence-corrected chi connectivity index (χ2v) is 11.1. The molecule has 1 amide bonds. The van der Waals surface area contributed by atoms with Crippen molar-refractivity contribution in [1.82, 2.24) is 15.1 Å². The number of hydrogen-bond donors (Lipinski definition) is 1. The highest BCUT2D eigenvalue weighted by atomic mass is 16.6. The highest BCUT2D eigenvalue weighted by Gasteiger charge is 2.24. The summed E-state index contributed by atoms with van der Waals surface area (Å²) in [4.78, 5) is 31.3. The van der Waals surface area contributed by atoms with Crippen LogP contribution in [0, 0.1) is 0 Å². The first-order valence-corrected chi connectivity index (χ1v) is 15.5. The molecule has 2 aromatic carbocycles. The Kier molecular flexibility index (Phi) is 12.8. The maximum Gasteiger partial charge on any atom is 0.338 e. The fourth-order valence-corrected chi connectivity index (χ4v) is 5.75. The molecule has 0 spiro atoms. The minimum absolute atomic E-state index is 0.195. The molecule has 2 heterocycles. The van der Waals surface area contributed by atoms with Gasteiger partial charge in [-0.25, -0.2) is 4.79 Å². The summed E-state index contributed by atoms with van der Waals surface area (Å²) < 4.78 is 39.6. The zero-order chi connectivity index (χ0) is 32.2. The van der Waals surface area contributed by atoms with Crippen LogP contribution in [0.4, 0.5) is 0 Å². The first kappa shape index (κ1) is 34.0. The predicted molar refractivity (Wildman–Crippen MR) is 169 cm³/mol. The Labute approximate surface area is 265 Å². The second-order valence-electron chi connectivity index (χ2n) is 11.1. The van der Waals surface area contributed by atoms with E-state index in [0.29, 0.717) is 78.0 Å². The normalized spacial score (nSPS) is 21.4. The Balaban J connectivity index is 1.55. The largest absolute Gasteiger partial charge is 0.493 e. The molecule has 4 bridgehead atoms. The van der Waals surface area contributed by atoms with Gasteiger partial charge in [-0.1, -0.05) is 0 Å². The van der Waals surface area contributed by atoms with Gasteiger partial charge in [-0.15, -0.1) is 0 Å². The highest BCUT2D eigenvalue weighted by molar-refractivity contribution is 5.95. The summed E-state index contributed by atoms with van der Waals surface area (Å²) in [7, 11) is 7.60. The third-order valence-electron chi connectivity index (χ3n) is 8.19. The number of esters is 1. The fourth-order valence-electron chi connectivity index (χ4n) is 5.75. The molecule has 0 aliphatic carbocycles. The average Bonchev–Trinajstić information content (AvgIpc) is 3.30. The van der Waals surface area contributed by atoms with E-state index in [-0.39, 0.29) is 12.0 Å². The maximum atomic E-state index is 13.4. The van der Waals surface area contributed by atoms with E-state index in [4.69, 9.17) is 33.2 Å². The molecule has 45 heavy (non-hydrogen) atoms. The van der Waals surface area contributed by atoms with Gasteiger partial charge >= 0.3 is 5.97 Å². The Morgan fingerprint density at radius 2 is 1.36 bits per heavy atom. The summed E-state index contributed by atoms with van der Waals surface area (Å²) in [5.41, 5.74) is 0.747. The molecule has 248 valence electrons. The molecule has 4 rings (SSSR count). The summed E-state index contributed by atoms with van der Waals surface area (Å²) in [6.07, 6.45) is 3.42. The van der Waals surface area contributed by atoms with Crippen LogP contribution in [0.2, 0.25) is 0 Å². The molecule has 2 aromatic rings. The van der Waals surface area contributed by atoms with Gasteiger partial charge < -0.3 is 48.3 Å². The number of carbonyl (C=O) groups is 2. The van der Waals surface area contributed by atoms with Crippen molar-refractivity contribution in [2.24, 2.45) is 0 Å². The number of hydrogen-bond acceptors (Lipinski definition) is 11. The summed E-state index contributed by atoms with van der Waals surface area (Å²) >= 11 is 0. The number of rotatable bonds is 7. The second kappa shape index (κ2) is 17.0. The topological polar surface area (TPSA) is 117 Å². The van der Waals surface area contributed by atoms with E-state index in [1.54, 1.807) is 24.3 Å². The average molecular weight is 630 g/mol. The minimum atomic E-state index is -0.467. The van der Waals surface area contributed by atoms with E-state index in [9.17, 15) is 9.59 Å².